The van der Waals surface area contributed by atoms with Crippen LogP contribution in [0.3, 0.4) is 0 Å². The van der Waals surface area contributed by atoms with Crippen molar-refractivity contribution in [3.8, 4) is 0 Å². The van der Waals surface area contributed by atoms with Crippen molar-refractivity contribution < 1.29 is 19.0 Å². The Labute approximate surface area is 157 Å². The molecule has 1 aromatic carbocycles. The number of carbonyl (C=O) groups is 1. The number of hydrogen-bond acceptors (Lipinski definition) is 7. The van der Waals surface area contributed by atoms with Crippen LogP contribution in [0.1, 0.15) is 37.2 Å². The molecule has 0 saturated carbocycles. The predicted octanol–water partition coefficient (Wildman–Crippen LogP) is 1.43. The summed E-state index contributed by atoms with van der Waals surface area (Å²) in [4.78, 5) is 12.1. The second-order valence-corrected chi connectivity index (χ2v) is 7.08. The van der Waals surface area contributed by atoms with Crippen LogP contribution >= 0.6 is 0 Å². The van der Waals surface area contributed by atoms with Crippen molar-refractivity contribution in [2.24, 2.45) is 0 Å². The molecule has 0 spiro atoms. The highest BCUT2D eigenvalue weighted by Crippen LogP contribution is 2.36. The number of aromatic nitrogens is 4. The van der Waals surface area contributed by atoms with Gasteiger partial charge in [-0.05, 0) is 16.0 Å². The molecule has 2 fully saturated rings. The van der Waals surface area contributed by atoms with Crippen LogP contribution in [-0.4, -0.2) is 57.8 Å². The first kappa shape index (κ1) is 17.9. The molecule has 3 heterocycles. The summed E-state index contributed by atoms with van der Waals surface area (Å²) in [6.07, 6.45) is -1.49. The van der Waals surface area contributed by atoms with Crippen LogP contribution < -0.4 is 5.32 Å². The highest BCUT2D eigenvalue weighted by atomic mass is 16.6. The fraction of sp³-hybridized carbons (Fsp3) is 0.556. The third-order valence-corrected chi connectivity index (χ3v) is 4.87. The van der Waals surface area contributed by atoms with Gasteiger partial charge in [0.15, 0.2) is 11.9 Å². The normalized spacial score (nSPS) is 26.9. The molecule has 1 aromatic heterocycles. The molecule has 4 atom stereocenters. The standard InChI is InChI=1S/C18H23N5O4/c1-11(2)17-20-21-22-23(17)13-9-25-16-14(10-26-15(13)16)27-18(24)19-8-12-6-4-3-5-7-12/h3-7,11,13-16H,8-10H2,1-2H3,(H,19,24)/t13-,14-,15-,16+/m1/s1. The van der Waals surface area contributed by atoms with E-state index in [1.807, 2.05) is 44.2 Å². The van der Waals surface area contributed by atoms with Crippen LogP contribution in [0.4, 0.5) is 4.79 Å². The van der Waals surface area contributed by atoms with Crippen LogP contribution in [0.25, 0.3) is 0 Å². The molecule has 0 unspecified atom stereocenters. The van der Waals surface area contributed by atoms with Gasteiger partial charge in [0, 0.05) is 12.5 Å². The summed E-state index contributed by atoms with van der Waals surface area (Å²) in [5.74, 6) is 0.981. The van der Waals surface area contributed by atoms with Crippen molar-refractivity contribution in [2.45, 2.75) is 50.7 Å². The number of rotatable bonds is 5. The van der Waals surface area contributed by atoms with E-state index in [1.54, 1.807) is 4.68 Å². The molecule has 0 radical (unpaired) electrons. The van der Waals surface area contributed by atoms with Gasteiger partial charge in [-0.15, -0.1) is 5.10 Å². The first-order chi connectivity index (χ1) is 13.1. The maximum Gasteiger partial charge on any atom is 0.407 e. The summed E-state index contributed by atoms with van der Waals surface area (Å²) in [6, 6.07) is 9.55. The Morgan fingerprint density at radius 2 is 2.04 bits per heavy atom. The van der Waals surface area contributed by atoms with Crippen LogP contribution in [0, 0.1) is 0 Å². The first-order valence-corrected chi connectivity index (χ1v) is 9.13. The Morgan fingerprint density at radius 3 is 2.81 bits per heavy atom. The lowest BCUT2D eigenvalue weighted by molar-refractivity contribution is 0.00279. The minimum absolute atomic E-state index is 0.122. The average Bonchev–Trinajstić information content (AvgIpc) is 3.38. The predicted molar refractivity (Wildman–Crippen MR) is 94.0 cm³/mol. The molecule has 2 aliphatic heterocycles. The van der Waals surface area contributed by atoms with E-state index in [0.717, 1.165) is 11.4 Å². The Kier molecular flexibility index (Phi) is 5.04. The van der Waals surface area contributed by atoms with Gasteiger partial charge < -0.3 is 19.5 Å². The van der Waals surface area contributed by atoms with Gasteiger partial charge in [-0.1, -0.05) is 44.2 Å². The largest absolute Gasteiger partial charge is 0.441 e. The lowest BCUT2D eigenvalue weighted by Gasteiger charge is -2.18. The molecule has 1 N–H and O–H groups in total. The molecular formula is C18H23N5O4. The van der Waals surface area contributed by atoms with E-state index in [0.29, 0.717) is 19.8 Å². The molecule has 0 aliphatic carbocycles. The highest BCUT2D eigenvalue weighted by Gasteiger charge is 2.51. The third-order valence-electron chi connectivity index (χ3n) is 4.87. The molecule has 2 saturated heterocycles. The van der Waals surface area contributed by atoms with E-state index in [1.165, 1.54) is 0 Å². The number of alkyl carbamates (subject to hydrolysis) is 1. The molecule has 9 nitrogen and oxygen atoms in total. The zero-order valence-electron chi connectivity index (χ0n) is 15.3. The fourth-order valence-electron chi connectivity index (χ4n) is 3.52. The summed E-state index contributed by atoms with van der Waals surface area (Å²) >= 11 is 0. The van der Waals surface area contributed by atoms with Crippen molar-refractivity contribution in [2.75, 3.05) is 13.2 Å². The summed E-state index contributed by atoms with van der Waals surface area (Å²) < 4.78 is 19.1. The Bertz CT molecular complexity index is 781. The summed E-state index contributed by atoms with van der Waals surface area (Å²) in [5.41, 5.74) is 1.01. The molecular weight excluding hydrogens is 350 g/mol. The Hall–Kier alpha value is -2.52. The molecule has 4 rings (SSSR count). The van der Waals surface area contributed by atoms with Crippen molar-refractivity contribution in [1.82, 2.24) is 25.5 Å². The lowest BCUT2D eigenvalue weighted by Crippen LogP contribution is -2.37. The van der Waals surface area contributed by atoms with Crippen LogP contribution in [-0.2, 0) is 20.8 Å². The van der Waals surface area contributed by atoms with E-state index in [9.17, 15) is 4.79 Å². The second kappa shape index (κ2) is 7.61. The fourth-order valence-corrected chi connectivity index (χ4v) is 3.52. The van der Waals surface area contributed by atoms with Crippen LogP contribution in [0.15, 0.2) is 30.3 Å². The minimum atomic E-state index is -0.481. The van der Waals surface area contributed by atoms with E-state index < -0.39 is 12.2 Å². The maximum absolute atomic E-state index is 12.1. The van der Waals surface area contributed by atoms with Gasteiger partial charge in [0.25, 0.3) is 0 Å². The van der Waals surface area contributed by atoms with Crippen molar-refractivity contribution >= 4 is 6.09 Å². The number of carbonyl (C=O) groups excluding carboxylic acids is 1. The smallest absolute Gasteiger partial charge is 0.407 e. The van der Waals surface area contributed by atoms with Crippen LogP contribution in [0.2, 0.25) is 0 Å². The number of benzene rings is 1. The van der Waals surface area contributed by atoms with Crippen molar-refractivity contribution in [1.29, 1.82) is 0 Å². The number of amides is 1. The summed E-state index contributed by atoms with van der Waals surface area (Å²) in [6.45, 7) is 5.20. The molecule has 27 heavy (non-hydrogen) atoms. The first-order valence-electron chi connectivity index (χ1n) is 9.13. The number of tetrazole rings is 1. The van der Waals surface area contributed by atoms with Crippen molar-refractivity contribution in [3.05, 3.63) is 41.7 Å². The summed E-state index contributed by atoms with van der Waals surface area (Å²) in [5, 5.41) is 14.7. The quantitative estimate of drug-likeness (QED) is 0.846. The molecule has 144 valence electrons. The van der Waals surface area contributed by atoms with E-state index in [-0.39, 0.29) is 24.2 Å². The zero-order chi connectivity index (χ0) is 18.8. The number of fused-ring (bicyclic) bond motifs is 1. The molecule has 2 aromatic rings. The lowest BCUT2D eigenvalue weighted by atomic mass is 10.1. The zero-order valence-corrected chi connectivity index (χ0v) is 15.3. The van der Waals surface area contributed by atoms with Gasteiger partial charge in [0.05, 0.1) is 13.2 Å². The Balaban J connectivity index is 1.35. The minimum Gasteiger partial charge on any atom is -0.441 e. The van der Waals surface area contributed by atoms with Gasteiger partial charge >= 0.3 is 6.09 Å². The van der Waals surface area contributed by atoms with Gasteiger partial charge in [-0.3, -0.25) is 0 Å². The average molecular weight is 373 g/mol. The number of hydrogen-bond donors (Lipinski definition) is 1. The molecule has 9 heteroatoms. The Morgan fingerprint density at radius 1 is 1.26 bits per heavy atom. The van der Waals surface area contributed by atoms with Gasteiger partial charge in [0.2, 0.25) is 0 Å². The molecule has 2 aliphatic rings. The van der Waals surface area contributed by atoms with Gasteiger partial charge in [-0.25, -0.2) is 9.48 Å². The van der Waals surface area contributed by atoms with E-state index in [2.05, 4.69) is 20.8 Å². The third kappa shape index (κ3) is 3.65. The monoisotopic (exact) mass is 373 g/mol. The summed E-state index contributed by atoms with van der Waals surface area (Å²) in [7, 11) is 0. The number of ether oxygens (including phenoxy) is 3. The number of nitrogens with zero attached hydrogens (tertiary/aromatic N) is 4. The highest BCUT2D eigenvalue weighted by molar-refractivity contribution is 5.67. The topological polar surface area (TPSA) is 100 Å². The van der Waals surface area contributed by atoms with Gasteiger partial charge in [-0.2, -0.15) is 0 Å². The van der Waals surface area contributed by atoms with E-state index >= 15 is 0 Å². The SMILES string of the molecule is CC(C)c1nnnn1[C@@H]1CO[C@@H]2[C@@H]1OC[C@H]2OC(=O)NCc1ccccc1. The van der Waals surface area contributed by atoms with Crippen LogP contribution in [0.5, 0.6) is 0 Å². The molecule has 0 bridgehead atoms. The van der Waals surface area contributed by atoms with Gasteiger partial charge in [0.1, 0.15) is 18.2 Å². The maximum atomic E-state index is 12.1. The van der Waals surface area contributed by atoms with E-state index in [4.69, 9.17) is 14.2 Å². The molecule has 1 amide bonds. The van der Waals surface area contributed by atoms with Crippen molar-refractivity contribution in [3.63, 3.8) is 0 Å². The number of nitrogens with one attached hydrogen (secondary N) is 1. The second-order valence-electron chi connectivity index (χ2n) is 7.08.